The van der Waals surface area contributed by atoms with Gasteiger partial charge in [0.25, 0.3) is 0 Å². The molecule has 0 amide bonds. The van der Waals surface area contributed by atoms with E-state index in [0.717, 1.165) is 0 Å². The molecule has 2 nitrogen and oxygen atoms in total. The Morgan fingerprint density at radius 1 is 0.833 bits per heavy atom. The lowest BCUT2D eigenvalue weighted by Crippen LogP contribution is -2.21. The van der Waals surface area contributed by atoms with E-state index >= 15 is 0 Å². The van der Waals surface area contributed by atoms with Gasteiger partial charge in [-0.2, -0.15) is 0 Å². The molecule has 92 valence electrons. The summed E-state index contributed by atoms with van der Waals surface area (Å²) >= 11 is 0. The van der Waals surface area contributed by atoms with Crippen molar-refractivity contribution in [2.24, 2.45) is 5.73 Å². The van der Waals surface area contributed by atoms with Crippen LogP contribution in [-0.4, -0.2) is 5.84 Å². The summed E-state index contributed by atoms with van der Waals surface area (Å²) < 4.78 is 25.7. The highest BCUT2D eigenvalue weighted by molar-refractivity contribution is 5.87. The number of hydrogen-bond donors (Lipinski definition) is 2. The molecule has 0 aromatic heterocycles. The lowest BCUT2D eigenvalue weighted by Gasteiger charge is -2.16. The Morgan fingerprint density at radius 2 is 1.17 bits per heavy atom. The van der Waals surface area contributed by atoms with Crippen molar-refractivity contribution >= 4 is 5.84 Å². The first kappa shape index (κ1) is 12.2. The van der Waals surface area contributed by atoms with Gasteiger partial charge in [0.15, 0.2) is 0 Å². The lowest BCUT2D eigenvalue weighted by molar-refractivity contribution is 0.626. The summed E-state index contributed by atoms with van der Waals surface area (Å²) in [5.41, 5.74) is 6.98. The highest BCUT2D eigenvalue weighted by atomic mass is 19.1. The van der Waals surface area contributed by atoms with Crippen LogP contribution < -0.4 is 5.73 Å². The van der Waals surface area contributed by atoms with Crippen molar-refractivity contribution in [1.82, 2.24) is 0 Å². The zero-order valence-electron chi connectivity index (χ0n) is 9.53. The van der Waals surface area contributed by atoms with Crippen LogP contribution >= 0.6 is 0 Å². The van der Waals surface area contributed by atoms with Gasteiger partial charge in [-0.05, 0) is 35.4 Å². The smallest absolute Gasteiger partial charge is 0.123 e. The van der Waals surface area contributed by atoms with Gasteiger partial charge >= 0.3 is 0 Å². The molecule has 2 rings (SSSR count). The van der Waals surface area contributed by atoms with E-state index in [9.17, 15) is 8.78 Å². The minimum absolute atomic E-state index is 0.0618. The van der Waals surface area contributed by atoms with E-state index in [4.69, 9.17) is 11.1 Å². The summed E-state index contributed by atoms with van der Waals surface area (Å²) in [6.07, 6.45) is 0. The highest BCUT2D eigenvalue weighted by Gasteiger charge is 2.17. The van der Waals surface area contributed by atoms with Crippen molar-refractivity contribution in [3.63, 3.8) is 0 Å². The van der Waals surface area contributed by atoms with Crippen molar-refractivity contribution in [2.45, 2.75) is 5.92 Å². The van der Waals surface area contributed by atoms with Crippen LogP contribution in [0, 0.1) is 17.0 Å². The summed E-state index contributed by atoms with van der Waals surface area (Å²) in [4.78, 5) is 0. The first-order chi connectivity index (χ1) is 8.58. The van der Waals surface area contributed by atoms with E-state index in [1.807, 2.05) is 0 Å². The van der Waals surface area contributed by atoms with Crippen LogP contribution in [0.3, 0.4) is 0 Å². The van der Waals surface area contributed by atoms with E-state index in [0.29, 0.717) is 11.1 Å². The number of halogens is 2. The number of rotatable bonds is 3. The first-order valence-electron chi connectivity index (χ1n) is 5.43. The quantitative estimate of drug-likeness (QED) is 0.634. The molecule has 4 heteroatoms. The number of amidine groups is 1. The molecule has 18 heavy (non-hydrogen) atoms. The molecule has 0 saturated heterocycles. The van der Waals surface area contributed by atoms with E-state index < -0.39 is 5.92 Å². The van der Waals surface area contributed by atoms with E-state index in [1.165, 1.54) is 24.3 Å². The minimum Gasteiger partial charge on any atom is -0.387 e. The van der Waals surface area contributed by atoms with Crippen LogP contribution in [0.25, 0.3) is 0 Å². The lowest BCUT2D eigenvalue weighted by atomic mass is 9.90. The summed E-state index contributed by atoms with van der Waals surface area (Å²) in [6, 6.07) is 11.6. The maximum atomic E-state index is 12.9. The zero-order chi connectivity index (χ0) is 13.1. The summed E-state index contributed by atoms with van der Waals surface area (Å²) in [5, 5.41) is 7.62. The fraction of sp³-hybridized carbons (Fsp3) is 0.0714. The molecule has 0 atom stereocenters. The Balaban J connectivity index is 2.43. The molecule has 0 unspecified atom stereocenters. The second-order valence-electron chi connectivity index (χ2n) is 3.99. The van der Waals surface area contributed by atoms with E-state index in [2.05, 4.69) is 0 Å². The molecule has 3 N–H and O–H groups in total. The average Bonchev–Trinajstić information content (AvgIpc) is 2.34. The fourth-order valence-electron chi connectivity index (χ4n) is 1.86. The van der Waals surface area contributed by atoms with Gasteiger partial charge in [-0.25, -0.2) is 8.78 Å². The van der Waals surface area contributed by atoms with E-state index in [-0.39, 0.29) is 17.5 Å². The monoisotopic (exact) mass is 246 g/mol. The molecule has 2 aromatic carbocycles. The third-order valence-electron chi connectivity index (χ3n) is 2.72. The van der Waals surface area contributed by atoms with Gasteiger partial charge in [0.1, 0.15) is 17.5 Å². The molecule has 0 spiro atoms. The third kappa shape index (κ3) is 2.53. The first-order valence-corrected chi connectivity index (χ1v) is 5.43. The van der Waals surface area contributed by atoms with Gasteiger partial charge in [0.2, 0.25) is 0 Å². The fourth-order valence-corrected chi connectivity index (χ4v) is 1.86. The molecule has 0 saturated carbocycles. The highest BCUT2D eigenvalue weighted by Crippen LogP contribution is 2.24. The summed E-state index contributed by atoms with van der Waals surface area (Å²) in [7, 11) is 0. The largest absolute Gasteiger partial charge is 0.387 e. The zero-order valence-corrected chi connectivity index (χ0v) is 9.53. The molecule has 0 bridgehead atoms. The van der Waals surface area contributed by atoms with Gasteiger partial charge in [-0.1, -0.05) is 24.3 Å². The van der Waals surface area contributed by atoms with Crippen LogP contribution in [-0.2, 0) is 0 Å². The molecule has 0 aliphatic heterocycles. The van der Waals surface area contributed by atoms with Crippen molar-refractivity contribution < 1.29 is 8.78 Å². The predicted molar refractivity (Wildman–Crippen MR) is 66.6 cm³/mol. The normalized spacial score (nSPS) is 10.6. The van der Waals surface area contributed by atoms with Crippen molar-refractivity contribution in [1.29, 1.82) is 5.41 Å². The van der Waals surface area contributed by atoms with Crippen LogP contribution in [0.4, 0.5) is 8.78 Å². The Labute approximate surface area is 104 Å². The minimum atomic E-state index is -0.480. The topological polar surface area (TPSA) is 49.9 Å². The predicted octanol–water partition coefficient (Wildman–Crippen LogP) is 3.03. The van der Waals surface area contributed by atoms with E-state index in [1.54, 1.807) is 24.3 Å². The van der Waals surface area contributed by atoms with Gasteiger partial charge < -0.3 is 5.73 Å². The van der Waals surface area contributed by atoms with Gasteiger partial charge in [-0.3, -0.25) is 5.41 Å². The van der Waals surface area contributed by atoms with Crippen LogP contribution in [0.5, 0.6) is 0 Å². The molecule has 0 radical (unpaired) electrons. The maximum absolute atomic E-state index is 12.9. The Kier molecular flexibility index (Phi) is 3.37. The van der Waals surface area contributed by atoms with Crippen molar-refractivity contribution in [3.8, 4) is 0 Å². The Hall–Kier alpha value is -2.23. The number of nitrogens with two attached hydrogens (primary N) is 1. The van der Waals surface area contributed by atoms with Gasteiger partial charge in [-0.15, -0.1) is 0 Å². The third-order valence-corrected chi connectivity index (χ3v) is 2.72. The molecule has 0 heterocycles. The van der Waals surface area contributed by atoms with Gasteiger partial charge in [0, 0.05) is 0 Å². The molecule has 0 aliphatic rings. The van der Waals surface area contributed by atoms with Crippen LogP contribution in [0.15, 0.2) is 48.5 Å². The maximum Gasteiger partial charge on any atom is 0.123 e. The second kappa shape index (κ2) is 4.96. The molecular formula is C14H12F2N2. The second-order valence-corrected chi connectivity index (χ2v) is 3.99. The van der Waals surface area contributed by atoms with Crippen molar-refractivity contribution in [3.05, 3.63) is 71.3 Å². The number of nitrogens with one attached hydrogen (secondary N) is 1. The Morgan fingerprint density at radius 3 is 1.44 bits per heavy atom. The van der Waals surface area contributed by atoms with Crippen molar-refractivity contribution in [2.75, 3.05) is 0 Å². The molecule has 0 aliphatic carbocycles. The number of benzene rings is 2. The summed E-state index contributed by atoms with van der Waals surface area (Å²) in [6.45, 7) is 0. The standard InChI is InChI=1S/C14H12F2N2/c15-11-5-1-9(2-6-11)13(14(17)18)10-3-7-12(16)8-4-10/h1-8,13H,(H3,17,18). The molecular weight excluding hydrogens is 234 g/mol. The van der Waals surface area contributed by atoms with Gasteiger partial charge in [0.05, 0.1) is 5.92 Å². The Bertz CT molecular complexity index is 502. The number of hydrogen-bond acceptors (Lipinski definition) is 1. The average molecular weight is 246 g/mol. The van der Waals surface area contributed by atoms with Crippen LogP contribution in [0.1, 0.15) is 17.0 Å². The van der Waals surface area contributed by atoms with Crippen LogP contribution in [0.2, 0.25) is 0 Å². The molecule has 0 fully saturated rings. The SMILES string of the molecule is N=C(N)C(c1ccc(F)cc1)c1ccc(F)cc1. The molecule has 2 aromatic rings. The summed E-state index contributed by atoms with van der Waals surface area (Å²) in [5.74, 6) is -1.24.